The van der Waals surface area contributed by atoms with E-state index in [4.69, 9.17) is 11.6 Å². The largest absolute Gasteiger partial charge is 0.331 e. The van der Waals surface area contributed by atoms with Crippen LogP contribution in [-0.2, 0) is 10.3 Å². The van der Waals surface area contributed by atoms with Gasteiger partial charge in [0.2, 0.25) is 0 Å². The highest BCUT2D eigenvalue weighted by Gasteiger charge is 2.44. The quantitative estimate of drug-likeness (QED) is 0.490. The number of hydrogen-bond acceptors (Lipinski definition) is 3. The summed E-state index contributed by atoms with van der Waals surface area (Å²) < 4.78 is 1.89. The highest BCUT2D eigenvalue weighted by molar-refractivity contribution is 6.31. The Morgan fingerprint density at radius 3 is 2.76 bits per heavy atom. The zero-order valence-electron chi connectivity index (χ0n) is 11.4. The lowest BCUT2D eigenvalue weighted by Gasteiger charge is -2.13. The minimum absolute atomic E-state index is 0.0321. The van der Waals surface area contributed by atoms with E-state index in [-0.39, 0.29) is 17.0 Å². The van der Waals surface area contributed by atoms with Crippen molar-refractivity contribution in [1.29, 1.82) is 0 Å². The lowest BCUT2D eigenvalue weighted by Crippen LogP contribution is -2.13. The van der Waals surface area contributed by atoms with Crippen LogP contribution in [0.2, 0.25) is 5.02 Å². The maximum absolute atomic E-state index is 11.2. The number of halogens is 1. The Balaban J connectivity index is 2.20. The number of fused-ring (bicyclic) bond motifs is 1. The second-order valence-electron chi connectivity index (χ2n) is 5.35. The monoisotopic (exact) mass is 304 g/mol. The van der Waals surface area contributed by atoms with Gasteiger partial charge in [-0.15, -0.1) is 0 Å². The van der Waals surface area contributed by atoms with Gasteiger partial charge in [0.25, 0.3) is 5.69 Å². The third-order valence-corrected chi connectivity index (χ3v) is 4.05. The predicted molar refractivity (Wildman–Crippen MR) is 80.6 cm³/mol. The fourth-order valence-electron chi connectivity index (χ4n) is 2.59. The number of carbonyl (C=O) groups is 1. The van der Waals surface area contributed by atoms with Crippen molar-refractivity contribution in [1.82, 2.24) is 4.57 Å². The molecule has 0 saturated heterocycles. The zero-order valence-corrected chi connectivity index (χ0v) is 12.1. The molecule has 1 aliphatic carbocycles. The number of aromatic nitrogens is 1. The number of carbonyl (C=O) groups excluding carboxylic acids is 1. The van der Waals surface area contributed by atoms with Crippen LogP contribution in [0.15, 0.2) is 36.5 Å². The fourth-order valence-corrected chi connectivity index (χ4v) is 2.76. The van der Waals surface area contributed by atoms with Crippen LogP contribution in [0.5, 0.6) is 0 Å². The second kappa shape index (κ2) is 4.70. The molecule has 5 nitrogen and oxygen atoms in total. The van der Waals surface area contributed by atoms with Gasteiger partial charge in [0.05, 0.1) is 27.6 Å². The van der Waals surface area contributed by atoms with Crippen molar-refractivity contribution in [3.8, 4) is 0 Å². The van der Waals surface area contributed by atoms with E-state index in [0.29, 0.717) is 10.4 Å². The van der Waals surface area contributed by atoms with Crippen LogP contribution < -0.4 is 0 Å². The van der Waals surface area contributed by atoms with Crippen molar-refractivity contribution in [3.05, 3.63) is 51.7 Å². The lowest BCUT2D eigenvalue weighted by atomic mass is 10.2. The normalized spacial score (nSPS) is 16.5. The number of rotatable bonds is 4. The summed E-state index contributed by atoms with van der Waals surface area (Å²) in [4.78, 5) is 22.0. The van der Waals surface area contributed by atoms with Crippen molar-refractivity contribution < 1.29 is 9.72 Å². The molecule has 0 amide bonds. The van der Waals surface area contributed by atoms with E-state index in [1.807, 2.05) is 10.6 Å². The summed E-state index contributed by atoms with van der Waals surface area (Å²) in [7, 11) is 0. The van der Waals surface area contributed by atoms with E-state index in [1.54, 1.807) is 24.4 Å². The third-order valence-electron chi connectivity index (χ3n) is 3.81. The van der Waals surface area contributed by atoms with Gasteiger partial charge in [0.1, 0.15) is 0 Å². The number of benzene rings is 1. The Morgan fingerprint density at radius 2 is 2.19 bits per heavy atom. The fraction of sp³-hybridized carbons (Fsp3) is 0.267. The molecule has 1 heterocycles. The van der Waals surface area contributed by atoms with Gasteiger partial charge in [0, 0.05) is 5.02 Å². The minimum Gasteiger partial charge on any atom is -0.331 e. The molecule has 0 bridgehead atoms. The maximum Gasteiger partial charge on any atom is 0.294 e. The highest BCUT2D eigenvalue weighted by atomic mass is 35.5. The van der Waals surface area contributed by atoms with Gasteiger partial charge in [-0.25, -0.2) is 0 Å². The average Bonchev–Trinajstić information content (AvgIpc) is 3.10. The van der Waals surface area contributed by atoms with E-state index >= 15 is 0 Å². The first-order valence-corrected chi connectivity index (χ1v) is 6.96. The summed E-state index contributed by atoms with van der Waals surface area (Å²) in [5.41, 5.74) is 0.471. The number of hydrogen-bond donors (Lipinski definition) is 0. The van der Waals surface area contributed by atoms with Gasteiger partial charge in [0.15, 0.2) is 5.78 Å². The first kappa shape index (κ1) is 13.8. The molecule has 0 spiro atoms. The lowest BCUT2D eigenvalue weighted by molar-refractivity contribution is -0.383. The molecule has 0 aliphatic heterocycles. The molecule has 1 fully saturated rings. The molecule has 0 N–H and O–H groups in total. The third kappa shape index (κ3) is 2.34. The molecule has 3 rings (SSSR count). The Kier molecular flexibility index (Phi) is 3.10. The molecule has 6 heteroatoms. The van der Waals surface area contributed by atoms with Crippen molar-refractivity contribution in [2.75, 3.05) is 0 Å². The molecule has 1 aromatic heterocycles. The summed E-state index contributed by atoms with van der Waals surface area (Å²) in [5, 5.41) is 12.2. The second-order valence-corrected chi connectivity index (χ2v) is 5.79. The standard InChI is InChI=1S/C15H13ClN2O3/c1-10(19)4-5-15(6-7-15)17-9-14(18(20)21)12-8-11(16)2-3-13(12)17/h2-5,8-9H,6-7H2,1H3/b5-4+. The smallest absolute Gasteiger partial charge is 0.294 e. The highest BCUT2D eigenvalue weighted by Crippen LogP contribution is 2.48. The van der Waals surface area contributed by atoms with Crippen LogP contribution in [-0.4, -0.2) is 15.3 Å². The van der Waals surface area contributed by atoms with Crippen molar-refractivity contribution in [2.45, 2.75) is 25.3 Å². The van der Waals surface area contributed by atoms with Crippen molar-refractivity contribution in [2.24, 2.45) is 0 Å². The van der Waals surface area contributed by atoms with E-state index in [1.165, 1.54) is 13.0 Å². The SMILES string of the molecule is CC(=O)/C=C/C1(n2cc([N+](=O)[O-])c3cc(Cl)ccc32)CC1. The summed E-state index contributed by atoms with van der Waals surface area (Å²) in [6.07, 6.45) is 6.63. The van der Waals surface area contributed by atoms with Gasteiger partial charge < -0.3 is 4.57 Å². The van der Waals surface area contributed by atoms with Crippen LogP contribution in [0, 0.1) is 10.1 Å². The van der Waals surface area contributed by atoms with Gasteiger partial charge in [-0.05, 0) is 44.0 Å². The van der Waals surface area contributed by atoms with Gasteiger partial charge in [-0.1, -0.05) is 17.7 Å². The first-order chi connectivity index (χ1) is 9.93. The topological polar surface area (TPSA) is 65.1 Å². The molecule has 21 heavy (non-hydrogen) atoms. The van der Waals surface area contributed by atoms with E-state index in [0.717, 1.165) is 18.4 Å². The van der Waals surface area contributed by atoms with Crippen LogP contribution in [0.25, 0.3) is 10.9 Å². The Labute approximate surface area is 126 Å². The molecule has 1 aliphatic rings. The molecule has 0 radical (unpaired) electrons. The van der Waals surface area contributed by atoms with E-state index < -0.39 is 4.92 Å². The predicted octanol–water partition coefficient (Wildman–Crippen LogP) is 3.84. The molecule has 108 valence electrons. The van der Waals surface area contributed by atoms with Crippen molar-refractivity contribution in [3.63, 3.8) is 0 Å². The van der Waals surface area contributed by atoms with Crippen LogP contribution >= 0.6 is 11.6 Å². The average molecular weight is 305 g/mol. The molecular formula is C15H13ClN2O3. The molecule has 0 atom stereocenters. The molecular weight excluding hydrogens is 292 g/mol. The number of nitrogens with zero attached hydrogens (tertiary/aromatic N) is 2. The zero-order chi connectivity index (χ0) is 15.2. The van der Waals surface area contributed by atoms with Gasteiger partial charge in [-0.3, -0.25) is 14.9 Å². The van der Waals surface area contributed by atoms with Crippen LogP contribution in [0.3, 0.4) is 0 Å². The Bertz CT molecular complexity index is 788. The minimum atomic E-state index is -0.403. The molecule has 0 unspecified atom stereocenters. The van der Waals surface area contributed by atoms with Crippen LogP contribution in [0.1, 0.15) is 19.8 Å². The maximum atomic E-state index is 11.2. The Hall–Kier alpha value is -2.14. The molecule has 1 aromatic carbocycles. The van der Waals surface area contributed by atoms with Crippen LogP contribution in [0.4, 0.5) is 5.69 Å². The Morgan fingerprint density at radius 1 is 1.48 bits per heavy atom. The summed E-state index contributed by atoms with van der Waals surface area (Å²) in [6.45, 7) is 1.49. The summed E-state index contributed by atoms with van der Waals surface area (Å²) in [6, 6.07) is 5.11. The number of allylic oxidation sites excluding steroid dienone is 2. The van der Waals surface area contributed by atoms with Gasteiger partial charge >= 0.3 is 0 Å². The molecule has 1 saturated carbocycles. The van der Waals surface area contributed by atoms with Gasteiger partial charge in [-0.2, -0.15) is 0 Å². The van der Waals surface area contributed by atoms with E-state index in [9.17, 15) is 14.9 Å². The number of ketones is 1. The van der Waals surface area contributed by atoms with Crippen molar-refractivity contribution >= 4 is 34.0 Å². The summed E-state index contributed by atoms with van der Waals surface area (Å²) in [5.74, 6) is -0.0321. The number of nitro groups is 1. The first-order valence-electron chi connectivity index (χ1n) is 6.58. The summed E-state index contributed by atoms with van der Waals surface area (Å²) >= 11 is 5.95. The molecule has 2 aromatic rings. The van der Waals surface area contributed by atoms with E-state index in [2.05, 4.69) is 0 Å².